The summed E-state index contributed by atoms with van der Waals surface area (Å²) in [5.41, 5.74) is 0.820. The highest BCUT2D eigenvalue weighted by Gasteiger charge is 2.07. The third kappa shape index (κ3) is 2.84. The zero-order valence-corrected chi connectivity index (χ0v) is 8.91. The van der Waals surface area contributed by atoms with Crippen LogP contribution in [0, 0.1) is 6.92 Å². The fraction of sp³-hybridized carbons (Fsp3) is 0.500. The lowest BCUT2D eigenvalue weighted by molar-refractivity contribution is 0.0953. The number of carbonyl (C=O) groups excluding carboxylic acids is 1. The molecule has 0 fully saturated rings. The summed E-state index contributed by atoms with van der Waals surface area (Å²) >= 11 is 1.61. The number of amides is 1. The minimum Gasteiger partial charge on any atom is -0.352 e. The van der Waals surface area contributed by atoms with Crippen LogP contribution in [-0.4, -0.2) is 12.5 Å². The highest BCUT2D eigenvalue weighted by Crippen LogP contribution is 2.14. The Balaban J connectivity index is 2.45. The zero-order valence-electron chi connectivity index (χ0n) is 8.09. The molecule has 1 N–H and O–H groups in total. The van der Waals surface area contributed by atoms with Gasteiger partial charge < -0.3 is 5.32 Å². The first-order valence-electron chi connectivity index (χ1n) is 4.58. The Kier molecular flexibility index (Phi) is 3.96. The molecule has 0 aliphatic heterocycles. The van der Waals surface area contributed by atoms with Gasteiger partial charge in [0.25, 0.3) is 5.91 Å². The fourth-order valence-electron chi connectivity index (χ4n) is 1.09. The van der Waals surface area contributed by atoms with Crippen molar-refractivity contribution in [2.45, 2.75) is 26.7 Å². The smallest absolute Gasteiger partial charge is 0.252 e. The van der Waals surface area contributed by atoms with Gasteiger partial charge >= 0.3 is 0 Å². The van der Waals surface area contributed by atoms with Crippen LogP contribution in [0.3, 0.4) is 0 Å². The first-order chi connectivity index (χ1) is 6.25. The van der Waals surface area contributed by atoms with Crippen molar-refractivity contribution in [3.63, 3.8) is 0 Å². The van der Waals surface area contributed by atoms with Gasteiger partial charge in [0.05, 0.1) is 5.56 Å². The summed E-state index contributed by atoms with van der Waals surface area (Å²) in [6.07, 6.45) is 2.16. The van der Waals surface area contributed by atoms with E-state index in [1.165, 1.54) is 0 Å². The quantitative estimate of drug-likeness (QED) is 0.738. The topological polar surface area (TPSA) is 29.1 Å². The molecule has 0 spiro atoms. The fourth-order valence-corrected chi connectivity index (χ4v) is 1.79. The Morgan fingerprint density at radius 1 is 1.62 bits per heavy atom. The minimum absolute atomic E-state index is 0.0622. The number of carbonyl (C=O) groups is 1. The van der Waals surface area contributed by atoms with E-state index in [0.29, 0.717) is 0 Å². The molecule has 0 aliphatic rings. The Morgan fingerprint density at radius 2 is 2.38 bits per heavy atom. The van der Waals surface area contributed by atoms with E-state index < -0.39 is 0 Å². The predicted molar refractivity (Wildman–Crippen MR) is 56.3 cm³/mol. The summed E-state index contributed by atoms with van der Waals surface area (Å²) in [7, 11) is 0. The summed E-state index contributed by atoms with van der Waals surface area (Å²) in [6.45, 7) is 4.87. The van der Waals surface area contributed by atoms with Crippen molar-refractivity contribution >= 4 is 17.2 Å². The van der Waals surface area contributed by atoms with E-state index in [4.69, 9.17) is 0 Å². The molecule has 0 saturated heterocycles. The van der Waals surface area contributed by atoms with Gasteiger partial charge in [-0.2, -0.15) is 0 Å². The molecule has 2 nitrogen and oxygen atoms in total. The summed E-state index contributed by atoms with van der Waals surface area (Å²) in [6, 6.07) is 1.88. The van der Waals surface area contributed by atoms with Gasteiger partial charge in [0, 0.05) is 11.4 Å². The monoisotopic (exact) mass is 197 g/mol. The molecule has 0 unspecified atom stereocenters. The molecular weight excluding hydrogens is 182 g/mol. The predicted octanol–water partition coefficient (Wildman–Crippen LogP) is 2.59. The van der Waals surface area contributed by atoms with Gasteiger partial charge in [-0.25, -0.2) is 0 Å². The van der Waals surface area contributed by atoms with E-state index in [1.807, 2.05) is 18.4 Å². The Hall–Kier alpha value is -0.830. The molecule has 3 heteroatoms. The van der Waals surface area contributed by atoms with Crippen LogP contribution in [0.5, 0.6) is 0 Å². The van der Waals surface area contributed by atoms with Gasteiger partial charge in [0.15, 0.2) is 0 Å². The zero-order chi connectivity index (χ0) is 9.68. The number of thiophene rings is 1. The maximum atomic E-state index is 11.5. The van der Waals surface area contributed by atoms with Crippen LogP contribution in [0.4, 0.5) is 0 Å². The second kappa shape index (κ2) is 5.02. The summed E-state index contributed by atoms with van der Waals surface area (Å²) < 4.78 is 0. The molecule has 1 aromatic heterocycles. The number of unbranched alkanes of at least 4 members (excludes halogenated alkanes) is 1. The molecule has 0 radical (unpaired) electrons. The number of nitrogens with one attached hydrogen (secondary N) is 1. The summed E-state index contributed by atoms with van der Waals surface area (Å²) in [5.74, 6) is 0.0622. The number of aryl methyl sites for hydroxylation is 1. The Morgan fingerprint density at radius 3 is 2.92 bits per heavy atom. The van der Waals surface area contributed by atoms with E-state index in [1.54, 1.807) is 11.3 Å². The second-order valence-corrected chi connectivity index (χ2v) is 4.12. The SMILES string of the molecule is CCCCNC(=O)c1ccsc1C. The molecule has 13 heavy (non-hydrogen) atoms. The molecule has 72 valence electrons. The summed E-state index contributed by atoms with van der Waals surface area (Å²) in [5, 5.41) is 4.84. The number of rotatable bonds is 4. The van der Waals surface area contributed by atoms with E-state index in [-0.39, 0.29) is 5.91 Å². The molecule has 1 rings (SSSR count). The van der Waals surface area contributed by atoms with Gasteiger partial charge in [-0.05, 0) is 24.8 Å². The molecule has 0 aromatic carbocycles. The van der Waals surface area contributed by atoms with E-state index >= 15 is 0 Å². The van der Waals surface area contributed by atoms with Crippen molar-refractivity contribution in [3.8, 4) is 0 Å². The van der Waals surface area contributed by atoms with E-state index in [9.17, 15) is 4.79 Å². The van der Waals surface area contributed by atoms with Gasteiger partial charge in [-0.15, -0.1) is 11.3 Å². The van der Waals surface area contributed by atoms with Crippen LogP contribution in [0.2, 0.25) is 0 Å². The van der Waals surface area contributed by atoms with Crippen LogP contribution in [-0.2, 0) is 0 Å². The number of hydrogen-bond acceptors (Lipinski definition) is 2. The van der Waals surface area contributed by atoms with E-state index in [0.717, 1.165) is 29.8 Å². The van der Waals surface area contributed by atoms with Crippen LogP contribution in [0.1, 0.15) is 35.0 Å². The van der Waals surface area contributed by atoms with Crippen LogP contribution in [0.15, 0.2) is 11.4 Å². The first-order valence-corrected chi connectivity index (χ1v) is 5.46. The standard InChI is InChI=1S/C10H15NOS/c1-3-4-6-11-10(12)9-5-7-13-8(9)2/h5,7H,3-4,6H2,1-2H3,(H,11,12). The Bertz CT molecular complexity index is 280. The molecule has 0 bridgehead atoms. The highest BCUT2D eigenvalue weighted by molar-refractivity contribution is 7.10. The van der Waals surface area contributed by atoms with Crippen LogP contribution >= 0.6 is 11.3 Å². The molecule has 0 saturated carbocycles. The lowest BCUT2D eigenvalue weighted by Crippen LogP contribution is -2.24. The van der Waals surface area contributed by atoms with Gasteiger partial charge in [0.1, 0.15) is 0 Å². The third-order valence-electron chi connectivity index (χ3n) is 1.92. The largest absolute Gasteiger partial charge is 0.352 e. The average molecular weight is 197 g/mol. The Labute approximate surface area is 83.0 Å². The van der Waals surface area contributed by atoms with Crippen molar-refractivity contribution in [1.82, 2.24) is 5.32 Å². The molecule has 1 heterocycles. The van der Waals surface area contributed by atoms with Crippen molar-refractivity contribution < 1.29 is 4.79 Å². The molecule has 0 atom stereocenters. The van der Waals surface area contributed by atoms with Crippen molar-refractivity contribution in [1.29, 1.82) is 0 Å². The van der Waals surface area contributed by atoms with Crippen LogP contribution in [0.25, 0.3) is 0 Å². The summed E-state index contributed by atoms with van der Waals surface area (Å²) in [4.78, 5) is 12.6. The minimum atomic E-state index is 0.0622. The van der Waals surface area contributed by atoms with E-state index in [2.05, 4.69) is 12.2 Å². The normalized spacial score (nSPS) is 10.0. The average Bonchev–Trinajstić information content (AvgIpc) is 2.52. The lowest BCUT2D eigenvalue weighted by atomic mass is 10.2. The molecule has 1 aromatic rings. The molecular formula is C10H15NOS. The van der Waals surface area contributed by atoms with Crippen LogP contribution < -0.4 is 5.32 Å². The molecule has 1 amide bonds. The maximum absolute atomic E-state index is 11.5. The lowest BCUT2D eigenvalue weighted by Gasteiger charge is -2.02. The third-order valence-corrected chi connectivity index (χ3v) is 2.76. The van der Waals surface area contributed by atoms with Crippen molar-refractivity contribution in [2.24, 2.45) is 0 Å². The second-order valence-electron chi connectivity index (χ2n) is 3.00. The number of hydrogen-bond donors (Lipinski definition) is 1. The van der Waals surface area contributed by atoms with Crippen molar-refractivity contribution in [2.75, 3.05) is 6.54 Å². The van der Waals surface area contributed by atoms with Crippen molar-refractivity contribution in [3.05, 3.63) is 21.9 Å². The van der Waals surface area contributed by atoms with Gasteiger partial charge in [0.2, 0.25) is 0 Å². The maximum Gasteiger partial charge on any atom is 0.252 e. The first kappa shape index (κ1) is 10.3. The highest BCUT2D eigenvalue weighted by atomic mass is 32.1. The molecule has 0 aliphatic carbocycles. The van der Waals surface area contributed by atoms with Gasteiger partial charge in [-0.1, -0.05) is 13.3 Å². The van der Waals surface area contributed by atoms with Gasteiger partial charge in [-0.3, -0.25) is 4.79 Å².